The average Bonchev–Trinajstić information content (AvgIpc) is 2.18. The number of piperidine rings is 1. The molecule has 88 valence electrons. The number of carbonyl (C=O) groups is 1. The second-order valence-corrected chi connectivity index (χ2v) is 6.19. The maximum Gasteiger partial charge on any atom is 0.324 e. The first-order chi connectivity index (χ1) is 6.84. The lowest BCUT2D eigenvalue weighted by Gasteiger charge is -2.40. The smallest absolute Gasteiger partial charge is 0.324 e. The Bertz CT molecular complexity index is 351. The number of sulfonamides is 1. The summed E-state index contributed by atoms with van der Waals surface area (Å²) in [6, 6.07) is 0. The van der Waals surface area contributed by atoms with Crippen LogP contribution in [0.25, 0.3) is 0 Å². The number of hydrogen-bond acceptors (Lipinski definition) is 3. The predicted octanol–water partition coefficient (Wildman–Crippen LogP) is 0.665. The third-order valence-corrected chi connectivity index (χ3v) is 4.97. The molecule has 1 saturated heterocycles. The van der Waals surface area contributed by atoms with E-state index in [9.17, 15) is 13.2 Å². The van der Waals surface area contributed by atoms with E-state index in [4.69, 9.17) is 5.11 Å². The van der Waals surface area contributed by atoms with Crippen molar-refractivity contribution < 1.29 is 18.3 Å². The van der Waals surface area contributed by atoms with Crippen LogP contribution >= 0.6 is 0 Å². The van der Waals surface area contributed by atoms with Gasteiger partial charge in [-0.25, -0.2) is 8.42 Å². The fourth-order valence-corrected chi connectivity index (χ4v) is 3.41. The van der Waals surface area contributed by atoms with Crippen LogP contribution in [0.3, 0.4) is 0 Å². The molecule has 0 amide bonds. The van der Waals surface area contributed by atoms with E-state index in [-0.39, 0.29) is 5.75 Å². The molecule has 0 bridgehead atoms. The summed E-state index contributed by atoms with van der Waals surface area (Å²) < 4.78 is 24.6. The zero-order chi connectivity index (χ0) is 11.7. The molecule has 1 heterocycles. The number of carboxylic acid groups (broad SMARTS) is 1. The van der Waals surface area contributed by atoms with Gasteiger partial charge in [-0.2, -0.15) is 4.31 Å². The van der Waals surface area contributed by atoms with Crippen molar-refractivity contribution in [3.63, 3.8) is 0 Å². The number of aliphatic carboxylic acids is 1. The Labute approximate surface area is 90.1 Å². The molecular weight excluding hydrogens is 218 g/mol. The lowest BCUT2D eigenvalue weighted by atomic mass is 9.91. The SMILES string of the molecule is CCS(=O)(=O)N1CCCCC1(C)C(=O)O. The number of nitrogens with zero attached hydrogens (tertiary/aromatic N) is 1. The third-order valence-electron chi connectivity index (χ3n) is 2.99. The molecule has 5 nitrogen and oxygen atoms in total. The van der Waals surface area contributed by atoms with E-state index in [1.165, 1.54) is 13.8 Å². The fraction of sp³-hybridized carbons (Fsp3) is 0.889. The minimum atomic E-state index is -3.42. The van der Waals surface area contributed by atoms with Gasteiger partial charge in [0.15, 0.2) is 0 Å². The van der Waals surface area contributed by atoms with E-state index in [1.54, 1.807) is 0 Å². The van der Waals surface area contributed by atoms with Gasteiger partial charge in [-0.3, -0.25) is 4.79 Å². The molecule has 0 aromatic carbocycles. The van der Waals surface area contributed by atoms with Crippen LogP contribution in [0.2, 0.25) is 0 Å². The van der Waals surface area contributed by atoms with Gasteiger partial charge in [-0.15, -0.1) is 0 Å². The van der Waals surface area contributed by atoms with E-state index in [0.29, 0.717) is 13.0 Å². The van der Waals surface area contributed by atoms with Gasteiger partial charge in [-0.05, 0) is 33.1 Å². The average molecular weight is 235 g/mol. The van der Waals surface area contributed by atoms with Crippen LogP contribution in [0.4, 0.5) is 0 Å². The first-order valence-corrected chi connectivity index (χ1v) is 6.69. The second-order valence-electron chi connectivity index (χ2n) is 4.01. The highest BCUT2D eigenvalue weighted by molar-refractivity contribution is 7.89. The lowest BCUT2D eigenvalue weighted by molar-refractivity contribution is -0.149. The van der Waals surface area contributed by atoms with Crippen LogP contribution < -0.4 is 0 Å². The molecule has 1 N–H and O–H groups in total. The molecule has 0 spiro atoms. The highest BCUT2D eigenvalue weighted by Gasteiger charge is 2.46. The zero-order valence-electron chi connectivity index (χ0n) is 9.06. The Morgan fingerprint density at radius 1 is 1.47 bits per heavy atom. The summed E-state index contributed by atoms with van der Waals surface area (Å²) in [4.78, 5) is 11.1. The van der Waals surface area contributed by atoms with Crippen LogP contribution in [0.5, 0.6) is 0 Å². The summed E-state index contributed by atoms with van der Waals surface area (Å²) in [5, 5.41) is 9.12. The summed E-state index contributed by atoms with van der Waals surface area (Å²) in [6.45, 7) is 3.34. The standard InChI is InChI=1S/C9H17NO4S/c1-3-15(13,14)10-7-5-4-6-9(10,2)8(11)12/h3-7H2,1-2H3,(H,11,12). The monoisotopic (exact) mass is 235 g/mol. The molecule has 15 heavy (non-hydrogen) atoms. The van der Waals surface area contributed by atoms with Crippen LogP contribution in [0, 0.1) is 0 Å². The molecule has 1 fully saturated rings. The van der Waals surface area contributed by atoms with Crippen LogP contribution in [0.1, 0.15) is 33.1 Å². The molecule has 1 rings (SSSR count). The third kappa shape index (κ3) is 2.15. The normalized spacial score (nSPS) is 28.9. The molecule has 0 aromatic rings. The van der Waals surface area contributed by atoms with Gasteiger partial charge in [0.1, 0.15) is 5.54 Å². The van der Waals surface area contributed by atoms with Crippen molar-refractivity contribution in [2.24, 2.45) is 0 Å². The Morgan fingerprint density at radius 2 is 2.07 bits per heavy atom. The first kappa shape index (κ1) is 12.4. The summed E-state index contributed by atoms with van der Waals surface area (Å²) >= 11 is 0. The summed E-state index contributed by atoms with van der Waals surface area (Å²) in [5.74, 6) is -1.10. The van der Waals surface area contributed by atoms with Crippen molar-refractivity contribution in [2.45, 2.75) is 38.6 Å². The number of carboxylic acids is 1. The van der Waals surface area contributed by atoms with E-state index in [0.717, 1.165) is 17.1 Å². The first-order valence-electron chi connectivity index (χ1n) is 5.08. The Kier molecular flexibility index (Phi) is 3.40. The van der Waals surface area contributed by atoms with Gasteiger partial charge in [0, 0.05) is 6.54 Å². The molecule has 6 heteroatoms. The summed E-state index contributed by atoms with van der Waals surface area (Å²) in [7, 11) is -3.42. The number of rotatable bonds is 3. The van der Waals surface area contributed by atoms with Crippen molar-refractivity contribution in [3.8, 4) is 0 Å². The highest BCUT2D eigenvalue weighted by atomic mass is 32.2. The molecule has 1 aliphatic heterocycles. The van der Waals surface area contributed by atoms with Gasteiger partial charge in [0.2, 0.25) is 10.0 Å². The minimum absolute atomic E-state index is 0.0458. The van der Waals surface area contributed by atoms with Crippen LogP contribution in [0.15, 0.2) is 0 Å². The van der Waals surface area contributed by atoms with E-state index in [1.807, 2.05) is 0 Å². The van der Waals surface area contributed by atoms with Gasteiger partial charge < -0.3 is 5.11 Å². The number of hydrogen-bond donors (Lipinski definition) is 1. The van der Waals surface area contributed by atoms with Crippen molar-refractivity contribution in [2.75, 3.05) is 12.3 Å². The quantitative estimate of drug-likeness (QED) is 0.780. The summed E-state index contributed by atoms with van der Waals surface area (Å²) in [6.07, 6.45) is 1.89. The molecule has 0 aromatic heterocycles. The molecule has 1 unspecified atom stereocenters. The fourth-order valence-electron chi connectivity index (χ4n) is 1.91. The highest BCUT2D eigenvalue weighted by Crippen LogP contribution is 2.30. The largest absolute Gasteiger partial charge is 0.480 e. The van der Waals surface area contributed by atoms with Crippen LogP contribution in [-0.2, 0) is 14.8 Å². The molecular formula is C9H17NO4S. The van der Waals surface area contributed by atoms with Crippen molar-refractivity contribution >= 4 is 16.0 Å². The minimum Gasteiger partial charge on any atom is -0.480 e. The van der Waals surface area contributed by atoms with Crippen LogP contribution in [-0.4, -0.2) is 41.6 Å². The van der Waals surface area contributed by atoms with Gasteiger partial charge >= 0.3 is 5.97 Å². The molecule has 0 saturated carbocycles. The van der Waals surface area contributed by atoms with E-state index in [2.05, 4.69) is 0 Å². The van der Waals surface area contributed by atoms with E-state index < -0.39 is 21.5 Å². The Hall–Kier alpha value is -0.620. The maximum absolute atomic E-state index is 11.7. The maximum atomic E-state index is 11.7. The van der Waals surface area contributed by atoms with Crippen molar-refractivity contribution in [1.82, 2.24) is 4.31 Å². The van der Waals surface area contributed by atoms with E-state index >= 15 is 0 Å². The topological polar surface area (TPSA) is 74.7 Å². The Balaban J connectivity index is 3.09. The summed E-state index contributed by atoms with van der Waals surface area (Å²) in [5.41, 5.74) is -1.26. The van der Waals surface area contributed by atoms with Gasteiger partial charge in [0.25, 0.3) is 0 Å². The van der Waals surface area contributed by atoms with Gasteiger partial charge in [-0.1, -0.05) is 0 Å². The Morgan fingerprint density at radius 3 is 2.53 bits per heavy atom. The molecule has 0 aliphatic carbocycles. The zero-order valence-corrected chi connectivity index (χ0v) is 9.88. The molecule has 0 radical (unpaired) electrons. The molecule has 1 aliphatic rings. The van der Waals surface area contributed by atoms with Crippen molar-refractivity contribution in [1.29, 1.82) is 0 Å². The predicted molar refractivity (Wildman–Crippen MR) is 56.1 cm³/mol. The van der Waals surface area contributed by atoms with Crippen molar-refractivity contribution in [3.05, 3.63) is 0 Å². The lowest BCUT2D eigenvalue weighted by Crippen LogP contribution is -2.57. The second kappa shape index (κ2) is 4.09. The molecule has 1 atom stereocenters. The van der Waals surface area contributed by atoms with Gasteiger partial charge in [0.05, 0.1) is 5.75 Å².